The van der Waals surface area contributed by atoms with Crippen LogP contribution in [-0.2, 0) is 16.0 Å². The molecule has 2 N–H and O–H groups in total. The van der Waals surface area contributed by atoms with Gasteiger partial charge < -0.3 is 15.4 Å². The van der Waals surface area contributed by atoms with Crippen LogP contribution < -0.4 is 10.6 Å². The van der Waals surface area contributed by atoms with E-state index in [9.17, 15) is 4.79 Å². The van der Waals surface area contributed by atoms with Gasteiger partial charge in [-0.1, -0.05) is 18.2 Å². The van der Waals surface area contributed by atoms with E-state index in [0.29, 0.717) is 18.0 Å². The van der Waals surface area contributed by atoms with Crippen molar-refractivity contribution in [2.45, 2.75) is 25.3 Å². The summed E-state index contributed by atoms with van der Waals surface area (Å²) in [6.45, 7) is 1.56. The summed E-state index contributed by atoms with van der Waals surface area (Å²) in [6, 6.07) is 8.61. The molecule has 0 atom stereocenters. The first kappa shape index (κ1) is 12.2. The third kappa shape index (κ3) is 2.36. The summed E-state index contributed by atoms with van der Waals surface area (Å²) in [5.74, 6) is -0.327. The lowest BCUT2D eigenvalue weighted by atomic mass is 9.96. The molecule has 4 nitrogen and oxygen atoms in total. The summed E-state index contributed by atoms with van der Waals surface area (Å²) in [4.78, 5) is 13.7. The molecule has 2 aliphatic rings. The monoisotopic (exact) mass is 258 g/mol. The number of hydrogen-bond donors (Lipinski definition) is 1. The first-order chi connectivity index (χ1) is 9.25. The van der Waals surface area contributed by atoms with E-state index < -0.39 is 0 Å². The Balaban J connectivity index is 1.97. The Hall–Kier alpha value is -1.81. The van der Waals surface area contributed by atoms with Gasteiger partial charge in [0.1, 0.15) is 0 Å². The highest BCUT2D eigenvalue weighted by Gasteiger charge is 2.26. The lowest BCUT2D eigenvalue weighted by Crippen LogP contribution is -2.39. The van der Waals surface area contributed by atoms with Crippen LogP contribution in [0.25, 0.3) is 0 Å². The summed E-state index contributed by atoms with van der Waals surface area (Å²) in [7, 11) is 0. The van der Waals surface area contributed by atoms with Crippen molar-refractivity contribution in [3.05, 3.63) is 41.6 Å². The number of nitrogens with zero attached hydrogens (tertiary/aromatic N) is 1. The highest BCUT2D eigenvalue weighted by molar-refractivity contribution is 5.94. The third-order valence-corrected chi connectivity index (χ3v) is 3.85. The fourth-order valence-corrected chi connectivity index (χ4v) is 2.82. The first-order valence-corrected chi connectivity index (χ1v) is 6.70. The van der Waals surface area contributed by atoms with Crippen molar-refractivity contribution < 1.29 is 9.53 Å². The number of hydrogen-bond acceptors (Lipinski definition) is 3. The van der Waals surface area contributed by atoms with Gasteiger partial charge >= 0.3 is 0 Å². The quantitative estimate of drug-likeness (QED) is 0.876. The molecule has 0 aromatic heterocycles. The molecule has 3 rings (SSSR count). The lowest BCUT2D eigenvalue weighted by Gasteiger charge is -2.37. The highest BCUT2D eigenvalue weighted by atomic mass is 16.5. The van der Waals surface area contributed by atoms with Gasteiger partial charge in [-0.25, -0.2) is 0 Å². The highest BCUT2D eigenvalue weighted by Crippen LogP contribution is 2.32. The number of carbonyl (C=O) groups is 1. The molecule has 1 amide bonds. The van der Waals surface area contributed by atoms with E-state index in [2.05, 4.69) is 17.0 Å². The van der Waals surface area contributed by atoms with E-state index >= 15 is 0 Å². The summed E-state index contributed by atoms with van der Waals surface area (Å²) >= 11 is 0. The van der Waals surface area contributed by atoms with Crippen LogP contribution >= 0.6 is 0 Å². The van der Waals surface area contributed by atoms with E-state index in [4.69, 9.17) is 10.5 Å². The molecule has 0 saturated carbocycles. The maximum absolute atomic E-state index is 11.5. The molecular weight excluding hydrogens is 240 g/mol. The molecule has 0 aliphatic carbocycles. The Morgan fingerprint density at radius 3 is 2.74 bits per heavy atom. The second kappa shape index (κ2) is 5.05. The maximum Gasteiger partial charge on any atom is 0.246 e. The van der Waals surface area contributed by atoms with Crippen molar-refractivity contribution >= 4 is 11.6 Å². The molecule has 100 valence electrons. The van der Waals surface area contributed by atoms with Crippen LogP contribution in [0.2, 0.25) is 0 Å². The zero-order valence-electron chi connectivity index (χ0n) is 10.8. The number of primary amides is 1. The Bertz CT molecular complexity index is 519. The number of nitrogens with two attached hydrogens (primary N) is 1. The van der Waals surface area contributed by atoms with Crippen LogP contribution in [-0.4, -0.2) is 25.2 Å². The molecule has 19 heavy (non-hydrogen) atoms. The van der Waals surface area contributed by atoms with Crippen molar-refractivity contribution in [2.24, 2.45) is 5.73 Å². The maximum atomic E-state index is 11.5. The first-order valence-electron chi connectivity index (χ1n) is 6.70. The van der Waals surface area contributed by atoms with Crippen LogP contribution in [0.3, 0.4) is 0 Å². The molecule has 0 radical (unpaired) electrons. The number of rotatable bonds is 2. The third-order valence-electron chi connectivity index (χ3n) is 3.85. The molecule has 0 spiro atoms. The van der Waals surface area contributed by atoms with Gasteiger partial charge in [-0.15, -0.1) is 0 Å². The van der Waals surface area contributed by atoms with E-state index in [1.807, 2.05) is 18.3 Å². The molecule has 1 fully saturated rings. The molecular formula is C15H18N2O2. The Labute approximate surface area is 112 Å². The number of para-hydroxylation sites is 1. The molecule has 1 aromatic rings. The number of anilines is 1. The second-order valence-corrected chi connectivity index (χ2v) is 5.07. The van der Waals surface area contributed by atoms with Crippen LogP contribution in [0.15, 0.2) is 36.0 Å². The van der Waals surface area contributed by atoms with Crippen molar-refractivity contribution in [1.82, 2.24) is 0 Å². The average molecular weight is 258 g/mol. The number of ether oxygens (including phenoxy) is 1. The van der Waals surface area contributed by atoms with Crippen LogP contribution in [0.5, 0.6) is 0 Å². The van der Waals surface area contributed by atoms with Crippen molar-refractivity contribution in [3.8, 4) is 0 Å². The Kier molecular flexibility index (Phi) is 3.25. The van der Waals surface area contributed by atoms with Gasteiger partial charge in [0.05, 0.1) is 0 Å². The van der Waals surface area contributed by atoms with Gasteiger partial charge in [0.15, 0.2) is 0 Å². The van der Waals surface area contributed by atoms with E-state index in [0.717, 1.165) is 26.1 Å². The minimum atomic E-state index is -0.327. The van der Waals surface area contributed by atoms with E-state index in [1.165, 1.54) is 11.3 Å². The molecule has 1 saturated heterocycles. The van der Waals surface area contributed by atoms with Crippen molar-refractivity contribution in [3.63, 3.8) is 0 Å². The van der Waals surface area contributed by atoms with Gasteiger partial charge in [-0.2, -0.15) is 0 Å². The normalized spacial score (nSPS) is 19.8. The summed E-state index contributed by atoms with van der Waals surface area (Å²) < 4.78 is 5.41. The zero-order chi connectivity index (χ0) is 13.2. The minimum Gasteiger partial charge on any atom is -0.381 e. The topological polar surface area (TPSA) is 55.6 Å². The lowest BCUT2D eigenvalue weighted by molar-refractivity contribution is -0.114. The minimum absolute atomic E-state index is 0.327. The van der Waals surface area contributed by atoms with Crippen molar-refractivity contribution in [2.75, 3.05) is 18.1 Å². The second-order valence-electron chi connectivity index (χ2n) is 5.07. The number of benzene rings is 1. The summed E-state index contributed by atoms with van der Waals surface area (Å²) in [5.41, 5.74) is 8.51. The zero-order valence-corrected chi connectivity index (χ0v) is 10.8. The largest absolute Gasteiger partial charge is 0.381 e. The summed E-state index contributed by atoms with van der Waals surface area (Å²) in [6.07, 6.45) is 4.53. The predicted molar refractivity (Wildman–Crippen MR) is 73.7 cm³/mol. The molecule has 2 aliphatic heterocycles. The van der Waals surface area contributed by atoms with Crippen LogP contribution in [0, 0.1) is 0 Å². The molecule has 0 bridgehead atoms. The molecule has 4 heteroatoms. The molecule has 2 heterocycles. The van der Waals surface area contributed by atoms with Gasteiger partial charge in [-0.3, -0.25) is 4.79 Å². The van der Waals surface area contributed by atoms with Gasteiger partial charge in [-0.05, 0) is 24.5 Å². The fourth-order valence-electron chi connectivity index (χ4n) is 2.82. The molecule has 0 unspecified atom stereocenters. The fraction of sp³-hybridized carbons (Fsp3) is 0.400. The summed E-state index contributed by atoms with van der Waals surface area (Å²) in [5, 5.41) is 0. The van der Waals surface area contributed by atoms with Gasteiger partial charge in [0.2, 0.25) is 5.91 Å². The standard InChI is InChI=1S/C15H18N2O2/c16-15(18)12-9-11-3-1-2-4-14(11)17(10-12)13-5-7-19-8-6-13/h1-4,10,13H,5-9H2,(H2,16,18). The van der Waals surface area contributed by atoms with E-state index in [1.54, 1.807) is 0 Å². The van der Waals surface area contributed by atoms with E-state index in [-0.39, 0.29) is 5.91 Å². The van der Waals surface area contributed by atoms with Crippen LogP contribution in [0.4, 0.5) is 5.69 Å². The van der Waals surface area contributed by atoms with Gasteiger partial charge in [0, 0.05) is 43.1 Å². The average Bonchev–Trinajstić information content (AvgIpc) is 2.47. The van der Waals surface area contributed by atoms with Crippen LogP contribution in [0.1, 0.15) is 18.4 Å². The predicted octanol–water partition coefficient (Wildman–Crippen LogP) is 1.60. The SMILES string of the molecule is NC(=O)C1=CN(C2CCOCC2)c2ccccc2C1. The van der Waals surface area contributed by atoms with Crippen molar-refractivity contribution in [1.29, 1.82) is 0 Å². The molecule has 1 aromatic carbocycles. The Morgan fingerprint density at radius 1 is 1.26 bits per heavy atom. The number of carbonyl (C=O) groups excluding carboxylic acids is 1. The Morgan fingerprint density at radius 2 is 2.00 bits per heavy atom. The number of fused-ring (bicyclic) bond motifs is 1. The number of amides is 1. The van der Waals surface area contributed by atoms with Gasteiger partial charge in [0.25, 0.3) is 0 Å². The smallest absolute Gasteiger partial charge is 0.246 e.